The van der Waals surface area contributed by atoms with Gasteiger partial charge in [0.2, 0.25) is 0 Å². The van der Waals surface area contributed by atoms with Crippen molar-refractivity contribution in [2.45, 2.75) is 0 Å². The fourth-order valence-electron chi connectivity index (χ4n) is 0.394. The van der Waals surface area contributed by atoms with Crippen LogP contribution in [0.2, 0.25) is 0 Å². The quantitative estimate of drug-likeness (QED) is 0.575. The maximum absolute atomic E-state index is 4.74. The third kappa shape index (κ3) is 0.872. The molecule has 42 valence electrons. The van der Waals surface area contributed by atoms with Crippen LogP contribution < -0.4 is 4.74 Å². The fraction of sp³-hybridized carbons (Fsp3) is 0. The van der Waals surface area contributed by atoms with Gasteiger partial charge in [0.15, 0.2) is 0 Å². The summed E-state index contributed by atoms with van der Waals surface area (Å²) in [5, 5.41) is 0. The van der Waals surface area contributed by atoms with Gasteiger partial charge < -0.3 is 9.72 Å². The van der Waals surface area contributed by atoms with E-state index in [-0.39, 0.29) is 0 Å². The van der Waals surface area contributed by atoms with E-state index >= 15 is 0 Å². The first-order valence-corrected chi connectivity index (χ1v) is 2.20. The molecule has 0 aliphatic rings. The number of nitrogens with one attached hydrogen (secondary N) is 1. The summed E-state index contributed by atoms with van der Waals surface area (Å²) in [5.74, 6) is 0. The van der Waals surface area contributed by atoms with Crippen LogP contribution in [-0.2, 0) is 0 Å². The molecule has 0 aliphatic carbocycles. The Labute approximate surface area is 47.0 Å². The Balaban J connectivity index is 2.62. The summed E-state index contributed by atoms with van der Waals surface area (Å²) in [7, 11) is 0. The van der Waals surface area contributed by atoms with Crippen molar-refractivity contribution in [2.24, 2.45) is 0 Å². The van der Waals surface area contributed by atoms with Crippen LogP contribution in [0.3, 0.4) is 0 Å². The molecule has 1 heterocycles. The van der Waals surface area contributed by atoms with Crippen LogP contribution in [0.25, 0.3) is 0 Å². The van der Waals surface area contributed by atoms with Gasteiger partial charge in [0.1, 0.15) is 0 Å². The van der Waals surface area contributed by atoms with Crippen molar-refractivity contribution in [3.63, 3.8) is 0 Å². The predicted molar refractivity (Wildman–Crippen MR) is 29.4 cm³/mol. The smallest absolute Gasteiger partial charge is 0.298 e. The third-order valence-corrected chi connectivity index (χ3v) is 0.668. The fourth-order valence-corrected chi connectivity index (χ4v) is 0.394. The van der Waals surface area contributed by atoms with E-state index in [1.807, 2.05) is 0 Å². The molecule has 0 fully saturated rings. The number of rotatable bonds is 2. The second-order valence-electron chi connectivity index (χ2n) is 1.18. The molecule has 1 rings (SSSR count). The summed E-state index contributed by atoms with van der Waals surface area (Å²) in [6, 6.07) is 0.472. The van der Waals surface area contributed by atoms with Gasteiger partial charge in [-0.1, -0.05) is 6.58 Å². The number of imidazole rings is 1. The van der Waals surface area contributed by atoms with Gasteiger partial charge in [0.25, 0.3) is 6.01 Å². The van der Waals surface area contributed by atoms with Crippen molar-refractivity contribution in [2.75, 3.05) is 0 Å². The van der Waals surface area contributed by atoms with Crippen molar-refractivity contribution < 1.29 is 4.74 Å². The molecule has 1 N–H and O–H groups in total. The van der Waals surface area contributed by atoms with E-state index in [0.29, 0.717) is 6.01 Å². The highest BCUT2D eigenvalue weighted by Gasteiger charge is 1.85. The molecule has 0 atom stereocenters. The van der Waals surface area contributed by atoms with Crippen LogP contribution in [0.15, 0.2) is 25.2 Å². The van der Waals surface area contributed by atoms with Crippen LogP contribution in [0.1, 0.15) is 0 Å². The van der Waals surface area contributed by atoms with Crippen LogP contribution >= 0.6 is 0 Å². The molecule has 0 bridgehead atoms. The Bertz CT molecular complexity index is 157. The topological polar surface area (TPSA) is 37.9 Å². The predicted octanol–water partition coefficient (Wildman–Crippen LogP) is 0.932. The Morgan fingerprint density at radius 2 is 2.75 bits per heavy atom. The van der Waals surface area contributed by atoms with E-state index in [9.17, 15) is 0 Å². The van der Waals surface area contributed by atoms with E-state index in [4.69, 9.17) is 4.74 Å². The first-order chi connectivity index (χ1) is 3.93. The average molecular weight is 110 g/mol. The minimum atomic E-state index is 0.472. The molecular formula is C5H6N2O. The molecule has 1 aromatic heterocycles. The van der Waals surface area contributed by atoms with Gasteiger partial charge in [-0.15, -0.1) is 0 Å². The lowest BCUT2D eigenvalue weighted by Crippen LogP contribution is -1.80. The zero-order valence-electron chi connectivity index (χ0n) is 4.29. The SMILES string of the molecule is C=COc1ncc[nH]1. The maximum atomic E-state index is 4.74. The van der Waals surface area contributed by atoms with Gasteiger partial charge in [0, 0.05) is 12.4 Å². The van der Waals surface area contributed by atoms with Gasteiger partial charge in [-0.3, -0.25) is 0 Å². The number of nitrogens with zero attached hydrogens (tertiary/aromatic N) is 1. The number of aromatic amines is 1. The minimum absolute atomic E-state index is 0.472. The molecule has 0 unspecified atom stereocenters. The third-order valence-electron chi connectivity index (χ3n) is 0.668. The Hall–Kier alpha value is -1.25. The lowest BCUT2D eigenvalue weighted by atomic mass is 11.0. The number of H-pyrrole nitrogens is 1. The second kappa shape index (κ2) is 2.16. The summed E-state index contributed by atoms with van der Waals surface area (Å²) in [6.45, 7) is 3.35. The normalized spacial score (nSPS) is 8.50. The molecule has 3 heteroatoms. The maximum Gasteiger partial charge on any atom is 0.298 e. The van der Waals surface area contributed by atoms with Crippen molar-refractivity contribution in [3.05, 3.63) is 25.2 Å². The van der Waals surface area contributed by atoms with Crippen molar-refractivity contribution in [1.29, 1.82) is 0 Å². The van der Waals surface area contributed by atoms with E-state index in [1.54, 1.807) is 12.4 Å². The largest absolute Gasteiger partial charge is 0.434 e. The van der Waals surface area contributed by atoms with Crippen LogP contribution in [0, 0.1) is 0 Å². The van der Waals surface area contributed by atoms with E-state index < -0.39 is 0 Å². The summed E-state index contributed by atoms with van der Waals surface area (Å²) in [5.41, 5.74) is 0. The monoisotopic (exact) mass is 110 g/mol. The Morgan fingerprint density at radius 1 is 1.88 bits per heavy atom. The second-order valence-corrected chi connectivity index (χ2v) is 1.18. The number of ether oxygens (including phenoxy) is 1. The molecule has 0 aromatic carbocycles. The molecule has 0 saturated carbocycles. The van der Waals surface area contributed by atoms with E-state index in [1.165, 1.54) is 6.26 Å². The standard InChI is InChI=1S/C5H6N2O/c1-2-8-5-6-3-4-7-5/h2-4H,1H2,(H,6,7). The summed E-state index contributed by atoms with van der Waals surface area (Å²) >= 11 is 0. The molecule has 0 spiro atoms. The highest BCUT2D eigenvalue weighted by molar-refractivity contribution is 4.93. The molecule has 3 nitrogen and oxygen atoms in total. The zero-order chi connectivity index (χ0) is 5.82. The molecule has 0 aliphatic heterocycles. The number of hydrogen-bond acceptors (Lipinski definition) is 2. The van der Waals surface area contributed by atoms with Crippen LogP contribution in [0.5, 0.6) is 6.01 Å². The molecule has 0 radical (unpaired) electrons. The molecular weight excluding hydrogens is 104 g/mol. The molecule has 0 saturated heterocycles. The lowest BCUT2D eigenvalue weighted by Gasteiger charge is -1.87. The Morgan fingerprint density at radius 3 is 3.25 bits per heavy atom. The van der Waals surface area contributed by atoms with Crippen LogP contribution in [0.4, 0.5) is 0 Å². The van der Waals surface area contributed by atoms with E-state index in [0.717, 1.165) is 0 Å². The molecule has 8 heavy (non-hydrogen) atoms. The van der Waals surface area contributed by atoms with Gasteiger partial charge in [-0.25, -0.2) is 4.98 Å². The molecule has 0 amide bonds. The molecule has 1 aromatic rings. The van der Waals surface area contributed by atoms with Crippen molar-refractivity contribution in [3.8, 4) is 6.01 Å². The van der Waals surface area contributed by atoms with Crippen LogP contribution in [-0.4, -0.2) is 9.97 Å². The van der Waals surface area contributed by atoms with Gasteiger partial charge >= 0.3 is 0 Å². The van der Waals surface area contributed by atoms with Crippen molar-refractivity contribution in [1.82, 2.24) is 9.97 Å². The first-order valence-electron chi connectivity index (χ1n) is 2.20. The highest BCUT2D eigenvalue weighted by atomic mass is 16.5. The first kappa shape index (κ1) is 4.90. The summed E-state index contributed by atoms with van der Waals surface area (Å²) < 4.78 is 4.74. The highest BCUT2D eigenvalue weighted by Crippen LogP contribution is 1.96. The van der Waals surface area contributed by atoms with E-state index in [2.05, 4.69) is 16.5 Å². The summed E-state index contributed by atoms with van der Waals surface area (Å²) in [6.07, 6.45) is 4.61. The van der Waals surface area contributed by atoms with Crippen molar-refractivity contribution >= 4 is 0 Å². The average Bonchev–Trinajstić information content (AvgIpc) is 2.19. The summed E-state index contributed by atoms with van der Waals surface area (Å²) in [4.78, 5) is 6.49. The minimum Gasteiger partial charge on any atom is -0.434 e. The zero-order valence-corrected chi connectivity index (χ0v) is 4.29. The Kier molecular flexibility index (Phi) is 1.32. The van der Waals surface area contributed by atoms with Gasteiger partial charge in [-0.05, 0) is 0 Å². The number of aromatic nitrogens is 2. The lowest BCUT2D eigenvalue weighted by molar-refractivity contribution is 0.448. The van der Waals surface area contributed by atoms with Gasteiger partial charge in [-0.2, -0.15) is 0 Å². The van der Waals surface area contributed by atoms with Gasteiger partial charge in [0.05, 0.1) is 6.26 Å². The number of hydrogen-bond donors (Lipinski definition) is 1.